The van der Waals surface area contributed by atoms with E-state index in [-0.39, 0.29) is 23.9 Å². The van der Waals surface area contributed by atoms with Crippen LogP contribution in [-0.2, 0) is 27.7 Å². The summed E-state index contributed by atoms with van der Waals surface area (Å²) in [6, 6.07) is 25.5. The van der Waals surface area contributed by atoms with Crippen molar-refractivity contribution in [3.63, 3.8) is 0 Å². The number of nitrogens with zero attached hydrogens (tertiary/aromatic N) is 1. The molecular formula is C25H28N2O4S. The number of amides is 1. The van der Waals surface area contributed by atoms with Crippen LogP contribution < -0.4 is 10.1 Å². The molecule has 3 aromatic rings. The molecule has 0 aromatic heterocycles. The van der Waals surface area contributed by atoms with Gasteiger partial charge in [0.15, 0.2) is 0 Å². The SMILES string of the molecule is COc1ccc(CCNC(=O)CN(CCc2ccccc2)S(=O)(=O)c2ccccc2)cc1. The number of benzene rings is 3. The Morgan fingerprint density at radius 3 is 2.06 bits per heavy atom. The van der Waals surface area contributed by atoms with Gasteiger partial charge in [-0.25, -0.2) is 8.42 Å². The quantitative estimate of drug-likeness (QED) is 0.484. The van der Waals surface area contributed by atoms with Crippen molar-refractivity contribution in [2.45, 2.75) is 17.7 Å². The number of carbonyl (C=O) groups is 1. The van der Waals surface area contributed by atoms with Crippen LogP contribution in [0, 0.1) is 0 Å². The summed E-state index contributed by atoms with van der Waals surface area (Å²) in [5.41, 5.74) is 2.07. The highest BCUT2D eigenvalue weighted by Gasteiger charge is 2.26. The Labute approximate surface area is 189 Å². The smallest absolute Gasteiger partial charge is 0.243 e. The van der Waals surface area contributed by atoms with E-state index in [0.717, 1.165) is 16.9 Å². The van der Waals surface area contributed by atoms with Crippen LogP contribution in [0.1, 0.15) is 11.1 Å². The zero-order valence-corrected chi connectivity index (χ0v) is 18.9. The van der Waals surface area contributed by atoms with Crippen molar-refractivity contribution in [2.24, 2.45) is 0 Å². The third kappa shape index (κ3) is 6.67. The van der Waals surface area contributed by atoms with E-state index in [2.05, 4.69) is 5.32 Å². The van der Waals surface area contributed by atoms with E-state index >= 15 is 0 Å². The molecule has 7 heteroatoms. The Hall–Kier alpha value is -3.16. The molecule has 1 N–H and O–H groups in total. The topological polar surface area (TPSA) is 75.7 Å². The average molecular weight is 453 g/mol. The third-order valence-electron chi connectivity index (χ3n) is 5.09. The van der Waals surface area contributed by atoms with Crippen molar-refractivity contribution < 1.29 is 17.9 Å². The minimum absolute atomic E-state index is 0.180. The van der Waals surface area contributed by atoms with Crippen molar-refractivity contribution in [3.8, 4) is 5.75 Å². The summed E-state index contributed by atoms with van der Waals surface area (Å²) >= 11 is 0. The van der Waals surface area contributed by atoms with Gasteiger partial charge in [-0.15, -0.1) is 0 Å². The van der Waals surface area contributed by atoms with Crippen molar-refractivity contribution in [2.75, 3.05) is 26.7 Å². The van der Waals surface area contributed by atoms with E-state index in [9.17, 15) is 13.2 Å². The van der Waals surface area contributed by atoms with Gasteiger partial charge in [0.1, 0.15) is 5.75 Å². The van der Waals surface area contributed by atoms with Crippen molar-refractivity contribution in [3.05, 3.63) is 96.1 Å². The fraction of sp³-hybridized carbons (Fsp3) is 0.240. The minimum atomic E-state index is -3.79. The summed E-state index contributed by atoms with van der Waals surface area (Å²) in [4.78, 5) is 12.8. The van der Waals surface area contributed by atoms with Gasteiger partial charge in [-0.2, -0.15) is 4.31 Å². The highest BCUT2D eigenvalue weighted by atomic mass is 32.2. The standard InChI is InChI=1S/C25H28N2O4S/c1-31-23-14-12-22(13-15-23)16-18-26-25(28)20-27(19-17-21-8-4-2-5-9-21)32(29,30)24-10-6-3-7-11-24/h2-15H,16-20H2,1H3,(H,26,28). The molecule has 0 fully saturated rings. The molecule has 168 valence electrons. The summed E-state index contributed by atoms with van der Waals surface area (Å²) in [6.07, 6.45) is 1.16. The zero-order chi connectivity index (χ0) is 22.8. The van der Waals surface area contributed by atoms with Crippen molar-refractivity contribution >= 4 is 15.9 Å². The molecule has 0 heterocycles. The lowest BCUT2D eigenvalue weighted by Gasteiger charge is -2.22. The number of methoxy groups -OCH3 is 1. The first kappa shape index (κ1) is 23.5. The maximum Gasteiger partial charge on any atom is 0.243 e. The second-order valence-electron chi connectivity index (χ2n) is 7.34. The molecule has 0 bridgehead atoms. The summed E-state index contributed by atoms with van der Waals surface area (Å²) < 4.78 is 32.8. The molecule has 0 radical (unpaired) electrons. The van der Waals surface area contributed by atoms with Crippen LogP contribution in [0.5, 0.6) is 5.75 Å². The number of hydrogen-bond acceptors (Lipinski definition) is 4. The van der Waals surface area contributed by atoms with Gasteiger partial charge in [-0.05, 0) is 48.2 Å². The van der Waals surface area contributed by atoms with Gasteiger partial charge in [0, 0.05) is 13.1 Å². The predicted molar refractivity (Wildman–Crippen MR) is 125 cm³/mol. The van der Waals surface area contributed by atoms with Crippen molar-refractivity contribution in [1.82, 2.24) is 9.62 Å². The Balaban J connectivity index is 1.63. The van der Waals surface area contributed by atoms with E-state index in [0.29, 0.717) is 19.4 Å². The highest BCUT2D eigenvalue weighted by Crippen LogP contribution is 2.16. The van der Waals surface area contributed by atoms with Gasteiger partial charge in [0.05, 0.1) is 18.6 Å². The van der Waals surface area contributed by atoms with Crippen molar-refractivity contribution in [1.29, 1.82) is 0 Å². The molecule has 0 aliphatic rings. The van der Waals surface area contributed by atoms with E-state index in [1.807, 2.05) is 54.6 Å². The number of rotatable bonds is 11. The lowest BCUT2D eigenvalue weighted by molar-refractivity contribution is -0.121. The van der Waals surface area contributed by atoms with Gasteiger partial charge in [0.25, 0.3) is 0 Å². The molecule has 3 aromatic carbocycles. The first-order valence-electron chi connectivity index (χ1n) is 10.5. The second kappa shape index (κ2) is 11.5. The first-order chi connectivity index (χ1) is 15.5. The molecule has 0 aliphatic carbocycles. The summed E-state index contributed by atoms with van der Waals surface area (Å²) in [7, 11) is -2.18. The number of hydrogen-bond donors (Lipinski definition) is 1. The molecular weight excluding hydrogens is 424 g/mol. The Morgan fingerprint density at radius 1 is 0.844 bits per heavy atom. The molecule has 0 atom stereocenters. The summed E-state index contributed by atoms with van der Waals surface area (Å²) in [5.74, 6) is 0.448. The van der Waals surface area contributed by atoms with Gasteiger partial charge in [-0.1, -0.05) is 60.7 Å². The molecule has 0 aliphatic heterocycles. The number of carbonyl (C=O) groups excluding carboxylic acids is 1. The number of ether oxygens (including phenoxy) is 1. The predicted octanol–water partition coefficient (Wildman–Crippen LogP) is 3.29. The molecule has 6 nitrogen and oxygen atoms in total. The van der Waals surface area contributed by atoms with Crippen LogP contribution in [0.15, 0.2) is 89.8 Å². The second-order valence-corrected chi connectivity index (χ2v) is 9.27. The molecule has 0 unspecified atom stereocenters. The molecule has 1 amide bonds. The normalized spacial score (nSPS) is 11.3. The van der Waals surface area contributed by atoms with E-state index in [4.69, 9.17) is 4.74 Å². The van der Waals surface area contributed by atoms with E-state index in [1.165, 1.54) is 4.31 Å². The number of nitrogens with one attached hydrogen (secondary N) is 1. The third-order valence-corrected chi connectivity index (χ3v) is 6.95. The fourth-order valence-corrected chi connectivity index (χ4v) is 4.70. The Bertz CT molecular complexity index is 1090. The minimum Gasteiger partial charge on any atom is -0.497 e. The van der Waals surface area contributed by atoms with Crippen LogP contribution in [0.2, 0.25) is 0 Å². The van der Waals surface area contributed by atoms with Gasteiger partial charge >= 0.3 is 0 Å². The van der Waals surface area contributed by atoms with Crippen LogP contribution in [0.4, 0.5) is 0 Å². The summed E-state index contributed by atoms with van der Waals surface area (Å²) in [5, 5.41) is 2.84. The molecule has 0 spiro atoms. The first-order valence-corrected chi connectivity index (χ1v) is 11.9. The highest BCUT2D eigenvalue weighted by molar-refractivity contribution is 7.89. The monoisotopic (exact) mass is 452 g/mol. The summed E-state index contributed by atoms with van der Waals surface area (Å²) in [6.45, 7) is 0.406. The number of sulfonamides is 1. The molecule has 3 rings (SSSR count). The Kier molecular flexibility index (Phi) is 8.41. The molecule has 0 saturated carbocycles. The van der Waals surface area contributed by atoms with Crippen LogP contribution in [0.3, 0.4) is 0 Å². The maximum atomic E-state index is 13.2. The van der Waals surface area contributed by atoms with Gasteiger partial charge < -0.3 is 10.1 Å². The van der Waals surface area contributed by atoms with E-state index < -0.39 is 10.0 Å². The average Bonchev–Trinajstić information content (AvgIpc) is 2.83. The lowest BCUT2D eigenvalue weighted by atomic mass is 10.1. The van der Waals surface area contributed by atoms with Gasteiger partial charge in [0.2, 0.25) is 15.9 Å². The molecule has 32 heavy (non-hydrogen) atoms. The Morgan fingerprint density at radius 2 is 1.44 bits per heavy atom. The van der Waals surface area contributed by atoms with Gasteiger partial charge in [-0.3, -0.25) is 4.79 Å². The van der Waals surface area contributed by atoms with Crippen LogP contribution in [-0.4, -0.2) is 45.4 Å². The fourth-order valence-electron chi connectivity index (χ4n) is 3.28. The largest absolute Gasteiger partial charge is 0.497 e. The zero-order valence-electron chi connectivity index (χ0n) is 18.1. The lowest BCUT2D eigenvalue weighted by Crippen LogP contribution is -2.42. The van der Waals surface area contributed by atoms with Crippen LogP contribution >= 0.6 is 0 Å². The van der Waals surface area contributed by atoms with E-state index in [1.54, 1.807) is 37.4 Å². The molecule has 0 saturated heterocycles. The van der Waals surface area contributed by atoms with Crippen LogP contribution in [0.25, 0.3) is 0 Å². The maximum absolute atomic E-state index is 13.2.